The third-order valence-electron chi connectivity index (χ3n) is 1.41. The van der Waals surface area contributed by atoms with Gasteiger partial charge in [0.25, 0.3) is 0 Å². The summed E-state index contributed by atoms with van der Waals surface area (Å²) in [5, 5.41) is 0. The van der Waals surface area contributed by atoms with Crippen molar-refractivity contribution in [2.75, 3.05) is 6.26 Å². The van der Waals surface area contributed by atoms with E-state index in [4.69, 9.17) is 0 Å². The van der Waals surface area contributed by atoms with Crippen molar-refractivity contribution in [1.82, 2.24) is 0 Å². The maximum atomic E-state index is 12.2. The van der Waals surface area contributed by atoms with Crippen molar-refractivity contribution < 1.29 is 13.2 Å². The van der Waals surface area contributed by atoms with E-state index < -0.39 is 11.7 Å². The van der Waals surface area contributed by atoms with Gasteiger partial charge in [-0.05, 0) is 18.4 Å². The lowest BCUT2D eigenvalue weighted by Gasteiger charge is -2.09. The fourth-order valence-corrected chi connectivity index (χ4v) is 1.50. The highest BCUT2D eigenvalue weighted by Gasteiger charge is 2.32. The number of alkyl halides is 3. The molecule has 16 heavy (non-hydrogen) atoms. The molecule has 0 bridgehead atoms. The van der Waals surface area contributed by atoms with Crippen LogP contribution in [0.5, 0.6) is 0 Å². The van der Waals surface area contributed by atoms with Crippen LogP contribution < -0.4 is 0 Å². The monoisotopic (exact) mass is 288 g/mol. The molecule has 0 fully saturated rings. The van der Waals surface area contributed by atoms with Gasteiger partial charge in [0.15, 0.2) is 0 Å². The lowest BCUT2D eigenvalue weighted by atomic mass is 10.2. The summed E-state index contributed by atoms with van der Waals surface area (Å²) in [6.45, 7) is 4.00. The van der Waals surface area contributed by atoms with Crippen LogP contribution in [-0.4, -0.2) is 6.26 Å². The first-order chi connectivity index (χ1) is 7.55. The number of halogens is 3. The number of thiol groups is 1. The summed E-state index contributed by atoms with van der Waals surface area (Å²) >= 11 is 4.55. The van der Waals surface area contributed by atoms with Crippen molar-refractivity contribution in [3.63, 3.8) is 0 Å². The highest BCUT2D eigenvalue weighted by Crippen LogP contribution is 2.35. The van der Waals surface area contributed by atoms with Gasteiger partial charge in [0, 0.05) is 4.90 Å². The molecule has 0 spiro atoms. The van der Waals surface area contributed by atoms with E-state index in [0.29, 0.717) is 0 Å². The van der Waals surface area contributed by atoms with Crippen LogP contribution in [0.4, 0.5) is 13.2 Å². The minimum Gasteiger partial charge on any atom is -0.166 e. The Balaban J connectivity index is 0. The Morgan fingerprint density at radius 3 is 1.88 bits per heavy atom. The minimum absolute atomic E-state index is 0.269. The van der Waals surface area contributed by atoms with Gasteiger partial charge in [0.05, 0.1) is 5.56 Å². The molecule has 6 heteroatoms. The maximum Gasteiger partial charge on any atom is 0.417 e. The quantitative estimate of drug-likeness (QED) is 0.423. The number of benzene rings is 1. The fourth-order valence-electron chi connectivity index (χ4n) is 0.879. The van der Waals surface area contributed by atoms with Gasteiger partial charge in [-0.2, -0.15) is 25.4 Å². The zero-order valence-corrected chi connectivity index (χ0v) is 12.2. The van der Waals surface area contributed by atoms with Crippen molar-refractivity contribution in [2.45, 2.75) is 24.9 Å². The van der Waals surface area contributed by atoms with E-state index >= 15 is 0 Å². The van der Waals surface area contributed by atoms with Gasteiger partial charge in [-0.1, -0.05) is 34.4 Å². The molecule has 1 atom stereocenters. The normalized spacial score (nSPS) is 9.50. The van der Waals surface area contributed by atoms with Gasteiger partial charge in [-0.15, -0.1) is 11.8 Å². The van der Waals surface area contributed by atoms with Crippen LogP contribution in [0, 0.1) is 0 Å². The molecule has 0 aliphatic carbocycles. The van der Waals surface area contributed by atoms with E-state index in [1.165, 1.54) is 12.1 Å². The Bertz CT molecular complexity index is 277. The summed E-state index contributed by atoms with van der Waals surface area (Å²) in [4.78, 5) is 0.269. The third-order valence-corrected chi connectivity index (χ3v) is 2.21. The molecule has 1 unspecified atom stereocenters. The van der Waals surface area contributed by atoms with E-state index in [2.05, 4.69) is 20.7 Å². The summed E-state index contributed by atoms with van der Waals surface area (Å²) in [5.74, 6) is 0. The van der Waals surface area contributed by atoms with Crippen molar-refractivity contribution in [1.29, 1.82) is 0 Å². The molecular weight excluding hydrogens is 272 g/mol. The lowest BCUT2D eigenvalue weighted by Crippen LogP contribution is -2.05. The molecule has 0 aliphatic heterocycles. The molecule has 1 rings (SSSR count). The van der Waals surface area contributed by atoms with Crippen molar-refractivity contribution in [3.8, 4) is 0 Å². The number of hydrogen-bond donors (Lipinski definition) is 1. The predicted octanol–water partition coefficient (Wildman–Crippen LogP) is 5.16. The summed E-state index contributed by atoms with van der Waals surface area (Å²) < 4.78 is 36.7. The molecule has 0 aromatic heterocycles. The van der Waals surface area contributed by atoms with Gasteiger partial charge in [-0.3, -0.25) is 0 Å². The summed E-state index contributed by atoms with van der Waals surface area (Å²) in [6.07, 6.45) is -2.61. The van der Waals surface area contributed by atoms with Crippen LogP contribution in [-0.2, 0) is 6.18 Å². The Kier molecular flexibility index (Phi) is 11.9. The average Bonchev–Trinajstić information content (AvgIpc) is 2.33. The van der Waals surface area contributed by atoms with Gasteiger partial charge < -0.3 is 0 Å². The molecule has 0 N–H and O–H groups in total. The Hall–Kier alpha value is 0.140. The molecule has 0 aliphatic rings. The number of hydrogen-bond acceptors (Lipinski definition) is 2. The van der Waals surface area contributed by atoms with E-state index in [-0.39, 0.29) is 4.90 Å². The van der Waals surface area contributed by atoms with Crippen LogP contribution in [0.15, 0.2) is 29.2 Å². The van der Waals surface area contributed by atoms with Gasteiger partial charge in [0.1, 0.15) is 0 Å². The SMILES string of the molecule is CC.CSc1ccccc1C(F)(F)F.PS. The van der Waals surface area contributed by atoms with Gasteiger partial charge in [-0.25, -0.2) is 0 Å². The van der Waals surface area contributed by atoms with Crippen molar-refractivity contribution >= 4 is 32.5 Å². The zero-order valence-electron chi connectivity index (χ0n) is 9.38. The first-order valence-corrected chi connectivity index (χ1v) is 7.81. The largest absolute Gasteiger partial charge is 0.417 e. The third kappa shape index (κ3) is 6.66. The molecule has 0 nitrogen and oxygen atoms in total. The zero-order chi connectivity index (χ0) is 13.2. The van der Waals surface area contributed by atoms with Crippen LogP contribution in [0.2, 0.25) is 0 Å². The first kappa shape index (κ1) is 18.5. The molecule has 1 aromatic rings. The molecule has 0 amide bonds. The second-order valence-corrected chi connectivity index (χ2v) is 3.05. The van der Waals surface area contributed by atoms with Gasteiger partial charge >= 0.3 is 6.18 Å². The molecule has 0 saturated heterocycles. The molecule has 1 aromatic carbocycles. The molecular formula is C10H16F3PS2. The fraction of sp³-hybridized carbons (Fsp3) is 0.400. The summed E-state index contributed by atoms with van der Waals surface area (Å²) in [5.41, 5.74) is -0.558. The Labute approximate surface area is 107 Å². The highest BCUT2D eigenvalue weighted by molar-refractivity contribution is 8.31. The van der Waals surface area contributed by atoms with E-state index in [1.54, 1.807) is 12.3 Å². The predicted molar refractivity (Wildman–Crippen MR) is 73.3 cm³/mol. The number of thioether (sulfide) groups is 1. The Morgan fingerprint density at radius 1 is 1.12 bits per heavy atom. The second kappa shape index (κ2) is 10.3. The maximum absolute atomic E-state index is 12.2. The number of rotatable bonds is 1. The van der Waals surface area contributed by atoms with Gasteiger partial charge in [0.2, 0.25) is 0 Å². The van der Waals surface area contributed by atoms with Crippen molar-refractivity contribution in [3.05, 3.63) is 29.8 Å². The van der Waals surface area contributed by atoms with Crippen LogP contribution in [0.25, 0.3) is 0 Å². The molecule has 0 saturated carbocycles. The average molecular weight is 288 g/mol. The second-order valence-electron chi connectivity index (χ2n) is 2.20. The van der Waals surface area contributed by atoms with Crippen LogP contribution in [0.1, 0.15) is 19.4 Å². The molecule has 0 heterocycles. The van der Waals surface area contributed by atoms with E-state index in [9.17, 15) is 13.2 Å². The molecule has 94 valence electrons. The van der Waals surface area contributed by atoms with Crippen molar-refractivity contribution in [2.24, 2.45) is 0 Å². The lowest BCUT2D eigenvalue weighted by molar-refractivity contribution is -0.139. The van der Waals surface area contributed by atoms with Crippen LogP contribution in [0.3, 0.4) is 0 Å². The first-order valence-electron chi connectivity index (χ1n) is 4.51. The Morgan fingerprint density at radius 2 is 1.56 bits per heavy atom. The molecule has 0 radical (unpaired) electrons. The van der Waals surface area contributed by atoms with E-state index in [1.807, 2.05) is 13.8 Å². The minimum atomic E-state index is -4.24. The highest BCUT2D eigenvalue weighted by atomic mass is 32.7. The summed E-state index contributed by atoms with van der Waals surface area (Å²) in [6, 6.07) is 5.54. The van der Waals surface area contributed by atoms with E-state index in [0.717, 1.165) is 17.8 Å². The summed E-state index contributed by atoms with van der Waals surface area (Å²) in [7, 11) is 2.11. The van der Waals surface area contributed by atoms with Crippen LogP contribution >= 0.6 is 32.5 Å². The smallest absolute Gasteiger partial charge is 0.166 e. The standard InChI is InChI=1S/C8H7F3S.C2H6.H3PS/c1-12-7-5-3-2-4-6(7)8(9,10)11;2*1-2/h2-5H,1H3;1-2H3;2H,1H2. The topological polar surface area (TPSA) is 0 Å².